The standard InChI is InChI=1S/C16H18ClN3O3S/c17-11-3-1-10(2-4-11)15-18-6-14(24-15)7-19-16(23)20-8-13(22)5-12(20)9-21/h1-4,6,12-13,21-22H,5,7-9H2,(H,19,23)/t12-,13-/m0/s1. The number of benzene rings is 1. The van der Waals surface area contributed by atoms with E-state index in [-0.39, 0.29) is 25.2 Å². The highest BCUT2D eigenvalue weighted by Crippen LogP contribution is 2.26. The molecule has 1 aliphatic heterocycles. The van der Waals surface area contributed by atoms with Crippen LogP contribution in [0.5, 0.6) is 0 Å². The zero-order valence-corrected chi connectivity index (χ0v) is 14.4. The molecule has 1 saturated heterocycles. The topological polar surface area (TPSA) is 85.7 Å². The Morgan fingerprint density at radius 1 is 1.42 bits per heavy atom. The number of hydrogen-bond donors (Lipinski definition) is 3. The molecule has 2 aromatic rings. The van der Waals surface area contributed by atoms with Crippen LogP contribution in [0.25, 0.3) is 10.6 Å². The number of hydrogen-bond acceptors (Lipinski definition) is 5. The molecule has 0 saturated carbocycles. The predicted octanol–water partition coefficient (Wildman–Crippen LogP) is 2.10. The van der Waals surface area contributed by atoms with Gasteiger partial charge < -0.3 is 20.4 Å². The van der Waals surface area contributed by atoms with Crippen molar-refractivity contribution >= 4 is 29.0 Å². The molecule has 1 aliphatic rings. The summed E-state index contributed by atoms with van der Waals surface area (Å²) in [6, 6.07) is 6.82. The first-order chi connectivity index (χ1) is 11.6. The van der Waals surface area contributed by atoms with Gasteiger partial charge in [0.05, 0.1) is 25.3 Å². The van der Waals surface area contributed by atoms with Crippen molar-refractivity contribution in [1.29, 1.82) is 0 Å². The minimum Gasteiger partial charge on any atom is -0.394 e. The molecule has 0 bridgehead atoms. The van der Waals surface area contributed by atoms with E-state index in [4.69, 9.17) is 11.6 Å². The number of halogens is 1. The summed E-state index contributed by atoms with van der Waals surface area (Å²) in [5, 5.41) is 23.3. The molecule has 0 radical (unpaired) electrons. The normalized spacial score (nSPS) is 20.4. The predicted molar refractivity (Wildman–Crippen MR) is 93.0 cm³/mol. The van der Waals surface area contributed by atoms with E-state index in [1.165, 1.54) is 16.2 Å². The fourth-order valence-electron chi connectivity index (χ4n) is 2.69. The van der Waals surface area contributed by atoms with Crippen LogP contribution in [0.15, 0.2) is 30.5 Å². The number of thiazole rings is 1. The summed E-state index contributed by atoms with van der Waals surface area (Å²) >= 11 is 7.38. The molecule has 1 fully saturated rings. The number of likely N-dealkylation sites (tertiary alicyclic amines) is 1. The van der Waals surface area contributed by atoms with Gasteiger partial charge in [0.25, 0.3) is 0 Å². The first-order valence-electron chi connectivity index (χ1n) is 7.61. The molecule has 6 nitrogen and oxygen atoms in total. The lowest BCUT2D eigenvalue weighted by Crippen LogP contribution is -2.44. The minimum absolute atomic E-state index is 0.147. The van der Waals surface area contributed by atoms with E-state index in [1.807, 2.05) is 24.3 Å². The number of rotatable bonds is 4. The van der Waals surface area contributed by atoms with Crippen molar-refractivity contribution in [2.75, 3.05) is 13.2 Å². The minimum atomic E-state index is -0.576. The average molecular weight is 368 g/mol. The molecule has 0 aliphatic carbocycles. The van der Waals surface area contributed by atoms with Crippen molar-refractivity contribution < 1.29 is 15.0 Å². The van der Waals surface area contributed by atoms with Gasteiger partial charge in [0.15, 0.2) is 0 Å². The second-order valence-electron chi connectivity index (χ2n) is 5.68. The Kier molecular flexibility index (Phi) is 5.35. The van der Waals surface area contributed by atoms with Crippen molar-refractivity contribution in [3.63, 3.8) is 0 Å². The summed E-state index contributed by atoms with van der Waals surface area (Å²) in [7, 11) is 0. The number of nitrogens with one attached hydrogen (secondary N) is 1. The van der Waals surface area contributed by atoms with Crippen LogP contribution in [0.2, 0.25) is 5.02 Å². The van der Waals surface area contributed by atoms with Crippen molar-refractivity contribution in [2.24, 2.45) is 0 Å². The molecule has 128 valence electrons. The molecule has 0 spiro atoms. The Labute approximate surface area is 148 Å². The number of β-amino-alcohol motifs (C(OH)–C–C–N with tert-alkyl or cyclic N) is 1. The van der Waals surface area contributed by atoms with Crippen molar-refractivity contribution in [3.8, 4) is 10.6 Å². The van der Waals surface area contributed by atoms with Crippen molar-refractivity contribution in [2.45, 2.75) is 25.1 Å². The largest absolute Gasteiger partial charge is 0.394 e. The third-order valence-corrected chi connectivity index (χ3v) is 5.22. The second kappa shape index (κ2) is 7.48. The van der Waals surface area contributed by atoms with Crippen LogP contribution in [-0.4, -0.2) is 51.4 Å². The van der Waals surface area contributed by atoms with Crippen LogP contribution in [0.1, 0.15) is 11.3 Å². The number of aliphatic hydroxyl groups excluding tert-OH is 2. The summed E-state index contributed by atoms with van der Waals surface area (Å²) < 4.78 is 0. The first kappa shape index (κ1) is 17.2. The summed E-state index contributed by atoms with van der Waals surface area (Å²) in [6.45, 7) is 0.455. The van der Waals surface area contributed by atoms with Gasteiger partial charge in [0.2, 0.25) is 0 Å². The number of aliphatic hydroxyl groups is 2. The van der Waals surface area contributed by atoms with Gasteiger partial charge in [-0.2, -0.15) is 0 Å². The van der Waals surface area contributed by atoms with Gasteiger partial charge in [-0.3, -0.25) is 0 Å². The fourth-order valence-corrected chi connectivity index (χ4v) is 3.68. The molecular formula is C16H18ClN3O3S. The van der Waals surface area contributed by atoms with E-state index in [9.17, 15) is 15.0 Å². The SMILES string of the molecule is O=C(NCc1cnc(-c2ccc(Cl)cc2)s1)N1C[C@@H](O)C[C@H]1CO. The molecule has 1 aromatic carbocycles. The molecule has 2 heterocycles. The van der Waals surface area contributed by atoms with Crippen LogP contribution in [0.4, 0.5) is 4.79 Å². The number of carbonyl (C=O) groups is 1. The van der Waals surface area contributed by atoms with E-state index < -0.39 is 6.10 Å². The van der Waals surface area contributed by atoms with E-state index in [0.717, 1.165) is 15.4 Å². The van der Waals surface area contributed by atoms with Gasteiger partial charge in [-0.05, 0) is 18.6 Å². The van der Waals surface area contributed by atoms with Gasteiger partial charge in [-0.15, -0.1) is 11.3 Å². The van der Waals surface area contributed by atoms with Gasteiger partial charge in [-0.1, -0.05) is 23.7 Å². The molecule has 2 amide bonds. The molecule has 2 atom stereocenters. The Morgan fingerprint density at radius 3 is 2.88 bits per heavy atom. The maximum absolute atomic E-state index is 12.2. The third kappa shape index (κ3) is 3.87. The zero-order valence-electron chi connectivity index (χ0n) is 12.9. The van der Waals surface area contributed by atoms with Gasteiger partial charge in [0, 0.05) is 28.2 Å². The quantitative estimate of drug-likeness (QED) is 0.772. The van der Waals surface area contributed by atoms with Gasteiger partial charge in [0.1, 0.15) is 5.01 Å². The Hall–Kier alpha value is -1.67. The van der Waals surface area contributed by atoms with Gasteiger partial charge in [-0.25, -0.2) is 9.78 Å². The average Bonchev–Trinajstić information content (AvgIpc) is 3.19. The van der Waals surface area contributed by atoms with E-state index >= 15 is 0 Å². The summed E-state index contributed by atoms with van der Waals surface area (Å²) in [6.07, 6.45) is 1.57. The first-order valence-corrected chi connectivity index (χ1v) is 8.80. The number of nitrogens with zero attached hydrogens (tertiary/aromatic N) is 2. The Morgan fingerprint density at radius 2 is 2.17 bits per heavy atom. The lowest BCUT2D eigenvalue weighted by Gasteiger charge is -2.22. The van der Waals surface area contributed by atoms with E-state index in [2.05, 4.69) is 10.3 Å². The highest BCUT2D eigenvalue weighted by atomic mass is 35.5. The maximum Gasteiger partial charge on any atom is 0.318 e. The Balaban J connectivity index is 1.59. The number of urea groups is 1. The van der Waals surface area contributed by atoms with Crippen LogP contribution >= 0.6 is 22.9 Å². The summed E-state index contributed by atoms with van der Waals surface area (Å²) in [5.41, 5.74) is 0.977. The van der Waals surface area contributed by atoms with Crippen LogP contribution < -0.4 is 5.32 Å². The van der Waals surface area contributed by atoms with E-state index in [0.29, 0.717) is 18.0 Å². The highest BCUT2D eigenvalue weighted by Gasteiger charge is 2.33. The monoisotopic (exact) mass is 367 g/mol. The second-order valence-corrected chi connectivity index (χ2v) is 7.23. The molecule has 3 rings (SSSR count). The molecule has 3 N–H and O–H groups in total. The molecule has 1 aromatic heterocycles. The highest BCUT2D eigenvalue weighted by molar-refractivity contribution is 7.15. The lowest BCUT2D eigenvalue weighted by atomic mass is 10.2. The number of aromatic nitrogens is 1. The van der Waals surface area contributed by atoms with Crippen molar-refractivity contribution in [1.82, 2.24) is 15.2 Å². The number of amides is 2. The van der Waals surface area contributed by atoms with Crippen molar-refractivity contribution in [3.05, 3.63) is 40.4 Å². The zero-order chi connectivity index (χ0) is 17.1. The summed E-state index contributed by atoms with van der Waals surface area (Å²) in [5.74, 6) is 0. The van der Waals surface area contributed by atoms with Crippen LogP contribution in [0, 0.1) is 0 Å². The fraction of sp³-hybridized carbons (Fsp3) is 0.375. The maximum atomic E-state index is 12.2. The summed E-state index contributed by atoms with van der Waals surface area (Å²) in [4.78, 5) is 19.0. The van der Waals surface area contributed by atoms with Crippen LogP contribution in [0.3, 0.4) is 0 Å². The third-order valence-electron chi connectivity index (χ3n) is 3.92. The lowest BCUT2D eigenvalue weighted by molar-refractivity contribution is 0.154. The molecular weight excluding hydrogens is 350 g/mol. The molecule has 8 heteroatoms. The smallest absolute Gasteiger partial charge is 0.318 e. The number of carbonyl (C=O) groups excluding carboxylic acids is 1. The Bertz CT molecular complexity index is 707. The molecule has 24 heavy (non-hydrogen) atoms. The van der Waals surface area contributed by atoms with E-state index in [1.54, 1.807) is 6.20 Å². The molecule has 0 unspecified atom stereocenters. The van der Waals surface area contributed by atoms with Gasteiger partial charge >= 0.3 is 6.03 Å². The van der Waals surface area contributed by atoms with Crippen LogP contribution in [-0.2, 0) is 6.54 Å².